The van der Waals surface area contributed by atoms with Crippen molar-refractivity contribution < 1.29 is 28.6 Å². The Labute approximate surface area is 190 Å². The molecule has 3 rings (SSSR count). The maximum atomic E-state index is 12.0. The summed E-state index contributed by atoms with van der Waals surface area (Å²) in [6.07, 6.45) is 3.47. The molecule has 0 bridgehead atoms. The van der Waals surface area contributed by atoms with Crippen molar-refractivity contribution in [2.24, 2.45) is 0 Å². The predicted octanol–water partition coefficient (Wildman–Crippen LogP) is 3.40. The molecule has 168 valence electrons. The number of ether oxygens (including phenoxy) is 3. The van der Waals surface area contributed by atoms with Crippen molar-refractivity contribution in [2.75, 3.05) is 39.2 Å². The number of amides is 2. The van der Waals surface area contributed by atoms with Crippen LogP contribution < -0.4 is 14.8 Å². The molecule has 0 saturated heterocycles. The molecular formula is C23H23ClN2O6. The van der Waals surface area contributed by atoms with Crippen molar-refractivity contribution in [3.05, 3.63) is 58.6 Å². The zero-order chi connectivity index (χ0) is 23.1. The average Bonchev–Trinajstić information content (AvgIpc) is 3.02. The highest BCUT2D eigenvalue weighted by molar-refractivity contribution is 6.32. The minimum atomic E-state index is -0.685. The van der Waals surface area contributed by atoms with Gasteiger partial charge in [0.25, 0.3) is 11.8 Å². The first-order valence-corrected chi connectivity index (χ1v) is 10.3. The van der Waals surface area contributed by atoms with Crippen LogP contribution in [0.3, 0.4) is 0 Å². The fourth-order valence-corrected chi connectivity index (χ4v) is 3.12. The Kier molecular flexibility index (Phi) is 7.72. The number of hydrogen-bond acceptors (Lipinski definition) is 6. The first-order chi connectivity index (χ1) is 15.3. The number of benzene rings is 2. The van der Waals surface area contributed by atoms with E-state index in [0.717, 1.165) is 6.42 Å². The molecule has 2 amide bonds. The van der Waals surface area contributed by atoms with E-state index >= 15 is 0 Å². The second kappa shape index (κ2) is 10.7. The average molecular weight is 459 g/mol. The largest absolute Gasteiger partial charge is 0.489 e. The highest BCUT2D eigenvalue weighted by Crippen LogP contribution is 2.38. The van der Waals surface area contributed by atoms with Gasteiger partial charge < -0.3 is 24.4 Å². The lowest BCUT2D eigenvalue weighted by Gasteiger charge is -2.11. The van der Waals surface area contributed by atoms with Crippen LogP contribution in [0.15, 0.2) is 42.5 Å². The summed E-state index contributed by atoms with van der Waals surface area (Å²) < 4.78 is 16.1. The van der Waals surface area contributed by atoms with Crippen LogP contribution in [0.1, 0.15) is 22.3 Å². The number of anilines is 1. The molecule has 0 fully saturated rings. The first-order valence-electron chi connectivity index (χ1n) is 9.89. The van der Waals surface area contributed by atoms with E-state index in [1.54, 1.807) is 50.5 Å². The Balaban J connectivity index is 1.51. The van der Waals surface area contributed by atoms with Gasteiger partial charge in [-0.15, -0.1) is 0 Å². The number of nitrogens with one attached hydrogen (secondary N) is 1. The van der Waals surface area contributed by atoms with E-state index in [1.807, 2.05) is 0 Å². The molecule has 0 unspecified atom stereocenters. The molecule has 0 aliphatic carbocycles. The molecule has 1 heterocycles. The summed E-state index contributed by atoms with van der Waals surface area (Å²) in [5, 5.41) is 2.99. The van der Waals surface area contributed by atoms with E-state index in [0.29, 0.717) is 46.5 Å². The van der Waals surface area contributed by atoms with Crippen LogP contribution in [0, 0.1) is 0 Å². The van der Waals surface area contributed by atoms with E-state index in [9.17, 15) is 14.4 Å². The normalized spacial score (nSPS) is 12.7. The minimum absolute atomic E-state index is 0.140. The zero-order valence-electron chi connectivity index (χ0n) is 17.7. The number of carbonyl (C=O) groups is 3. The van der Waals surface area contributed by atoms with Crippen LogP contribution in [0.25, 0.3) is 6.08 Å². The number of hydrogen-bond donors (Lipinski definition) is 1. The lowest BCUT2D eigenvalue weighted by molar-refractivity contribution is -0.142. The van der Waals surface area contributed by atoms with Gasteiger partial charge in [0.05, 0.1) is 18.2 Å². The Hall–Kier alpha value is -3.52. The van der Waals surface area contributed by atoms with E-state index in [-0.39, 0.29) is 5.91 Å². The van der Waals surface area contributed by atoms with Crippen molar-refractivity contribution in [1.29, 1.82) is 0 Å². The van der Waals surface area contributed by atoms with Gasteiger partial charge in [0, 0.05) is 37.8 Å². The fraction of sp³-hybridized carbons (Fsp3) is 0.261. The van der Waals surface area contributed by atoms with Crippen molar-refractivity contribution in [1.82, 2.24) is 4.90 Å². The zero-order valence-corrected chi connectivity index (χ0v) is 18.5. The third-order valence-corrected chi connectivity index (χ3v) is 4.68. The smallest absolute Gasteiger partial charge is 0.331 e. The molecule has 0 saturated carbocycles. The third-order valence-electron chi connectivity index (χ3n) is 4.40. The van der Waals surface area contributed by atoms with Crippen LogP contribution in [0.5, 0.6) is 11.5 Å². The Morgan fingerprint density at radius 2 is 1.84 bits per heavy atom. The Morgan fingerprint density at radius 1 is 1.12 bits per heavy atom. The Bertz CT molecular complexity index is 1030. The molecule has 1 aliphatic rings. The summed E-state index contributed by atoms with van der Waals surface area (Å²) in [4.78, 5) is 37.3. The molecule has 9 heteroatoms. The van der Waals surface area contributed by atoms with Gasteiger partial charge in [-0.3, -0.25) is 9.59 Å². The van der Waals surface area contributed by atoms with Gasteiger partial charge in [0.2, 0.25) is 0 Å². The van der Waals surface area contributed by atoms with E-state index in [1.165, 1.54) is 17.1 Å². The van der Waals surface area contributed by atoms with Crippen molar-refractivity contribution in [3.63, 3.8) is 0 Å². The van der Waals surface area contributed by atoms with Gasteiger partial charge in [-0.05, 0) is 48.0 Å². The van der Waals surface area contributed by atoms with E-state index < -0.39 is 18.5 Å². The van der Waals surface area contributed by atoms with Crippen molar-refractivity contribution >= 4 is 41.1 Å². The minimum Gasteiger partial charge on any atom is -0.489 e. The maximum absolute atomic E-state index is 12.0. The number of halogens is 1. The summed E-state index contributed by atoms with van der Waals surface area (Å²) in [6, 6.07) is 9.78. The van der Waals surface area contributed by atoms with Gasteiger partial charge in [0.1, 0.15) is 0 Å². The Morgan fingerprint density at radius 3 is 2.56 bits per heavy atom. The number of fused-ring (bicyclic) bond motifs is 1. The standard InChI is InChI=1S/C23H23ClN2O6/c1-26(2)23(29)16-5-7-17(8-6-16)25-20(27)14-32-21(28)9-4-15-12-18(24)22-19(13-15)30-10-3-11-31-22/h4-9,12-13H,3,10-11,14H2,1-2H3,(H,25,27)/b9-4+. The molecule has 2 aromatic carbocycles. The molecular weight excluding hydrogens is 436 g/mol. The summed E-state index contributed by atoms with van der Waals surface area (Å²) in [5.41, 5.74) is 1.62. The number of rotatable bonds is 6. The van der Waals surface area contributed by atoms with Gasteiger partial charge in [-0.2, -0.15) is 0 Å². The van der Waals surface area contributed by atoms with Crippen molar-refractivity contribution in [3.8, 4) is 11.5 Å². The topological polar surface area (TPSA) is 94.2 Å². The van der Waals surface area contributed by atoms with Gasteiger partial charge in [0.15, 0.2) is 18.1 Å². The van der Waals surface area contributed by atoms with Crippen LogP contribution in [0.2, 0.25) is 5.02 Å². The predicted molar refractivity (Wildman–Crippen MR) is 120 cm³/mol. The fourth-order valence-electron chi connectivity index (χ4n) is 2.85. The SMILES string of the molecule is CN(C)C(=O)c1ccc(NC(=O)COC(=O)/C=C/c2cc(Cl)c3c(c2)OCCCO3)cc1. The maximum Gasteiger partial charge on any atom is 0.331 e. The summed E-state index contributed by atoms with van der Waals surface area (Å²) in [5.74, 6) is -0.328. The second-order valence-electron chi connectivity index (χ2n) is 7.15. The summed E-state index contributed by atoms with van der Waals surface area (Å²) >= 11 is 6.23. The van der Waals surface area contributed by atoms with Crippen LogP contribution in [0.4, 0.5) is 5.69 Å². The molecule has 1 N–H and O–H groups in total. The lowest BCUT2D eigenvalue weighted by atomic mass is 10.2. The summed E-state index contributed by atoms with van der Waals surface area (Å²) in [7, 11) is 3.31. The molecule has 32 heavy (non-hydrogen) atoms. The number of nitrogens with zero attached hydrogens (tertiary/aromatic N) is 1. The third kappa shape index (κ3) is 6.24. The molecule has 2 aromatic rings. The molecule has 0 atom stereocenters. The first kappa shape index (κ1) is 23.1. The van der Waals surface area contributed by atoms with E-state index in [4.69, 9.17) is 25.8 Å². The molecule has 1 aliphatic heterocycles. The second-order valence-corrected chi connectivity index (χ2v) is 7.55. The number of esters is 1. The van der Waals surface area contributed by atoms with E-state index in [2.05, 4.69) is 5.32 Å². The molecule has 0 aromatic heterocycles. The quantitative estimate of drug-likeness (QED) is 0.526. The highest BCUT2D eigenvalue weighted by atomic mass is 35.5. The number of carbonyl (C=O) groups excluding carboxylic acids is 3. The summed E-state index contributed by atoms with van der Waals surface area (Å²) in [6.45, 7) is 0.584. The van der Waals surface area contributed by atoms with Gasteiger partial charge >= 0.3 is 5.97 Å². The lowest BCUT2D eigenvalue weighted by Crippen LogP contribution is -2.22. The molecule has 0 spiro atoms. The van der Waals surface area contributed by atoms with Gasteiger partial charge in [-0.25, -0.2) is 4.79 Å². The molecule has 0 radical (unpaired) electrons. The van der Waals surface area contributed by atoms with Crippen LogP contribution >= 0.6 is 11.6 Å². The highest BCUT2D eigenvalue weighted by Gasteiger charge is 2.15. The molecule has 8 nitrogen and oxygen atoms in total. The van der Waals surface area contributed by atoms with Crippen molar-refractivity contribution in [2.45, 2.75) is 6.42 Å². The van der Waals surface area contributed by atoms with Crippen LogP contribution in [-0.4, -0.2) is 56.6 Å². The monoisotopic (exact) mass is 458 g/mol. The van der Waals surface area contributed by atoms with Gasteiger partial charge in [-0.1, -0.05) is 11.6 Å². The van der Waals surface area contributed by atoms with Crippen LogP contribution in [-0.2, 0) is 14.3 Å².